The summed E-state index contributed by atoms with van der Waals surface area (Å²) in [5.74, 6) is 0. The van der Waals surface area contributed by atoms with Gasteiger partial charge in [-0.2, -0.15) is 0 Å². The van der Waals surface area contributed by atoms with Crippen molar-refractivity contribution in [2.45, 2.75) is 51.1 Å². The number of rotatable bonds is 4. The largest absolute Gasteiger partial charge is 0.310 e. The van der Waals surface area contributed by atoms with Crippen LogP contribution in [0.15, 0.2) is 36.7 Å². The van der Waals surface area contributed by atoms with Crippen molar-refractivity contribution in [2.24, 2.45) is 0 Å². The van der Waals surface area contributed by atoms with E-state index in [1.807, 2.05) is 6.20 Å². The minimum absolute atomic E-state index is 0.701. The van der Waals surface area contributed by atoms with Crippen LogP contribution in [0.25, 0.3) is 5.69 Å². The van der Waals surface area contributed by atoms with Crippen molar-refractivity contribution >= 4 is 0 Å². The molecule has 0 spiro atoms. The molecule has 1 aromatic carbocycles. The molecule has 4 nitrogen and oxygen atoms in total. The Morgan fingerprint density at radius 1 is 1.05 bits per heavy atom. The fourth-order valence-electron chi connectivity index (χ4n) is 2.86. The predicted octanol–water partition coefficient (Wildman–Crippen LogP) is 3.08. The number of hydrogen-bond acceptors (Lipinski definition) is 3. The Bertz CT molecular complexity index is 496. The van der Waals surface area contributed by atoms with Crippen LogP contribution < -0.4 is 5.32 Å². The van der Waals surface area contributed by atoms with Crippen molar-refractivity contribution in [3.05, 3.63) is 42.2 Å². The fraction of sp³-hybridized carbons (Fsp3) is 0.500. The van der Waals surface area contributed by atoms with Gasteiger partial charge in [-0.05, 0) is 30.5 Å². The van der Waals surface area contributed by atoms with Crippen molar-refractivity contribution in [3.8, 4) is 5.69 Å². The molecular weight excluding hydrogens is 248 g/mol. The van der Waals surface area contributed by atoms with Crippen LogP contribution in [0.3, 0.4) is 0 Å². The Morgan fingerprint density at radius 2 is 1.80 bits per heavy atom. The second-order valence-electron chi connectivity index (χ2n) is 5.58. The highest BCUT2D eigenvalue weighted by Gasteiger charge is 2.11. The van der Waals surface area contributed by atoms with Crippen LogP contribution >= 0.6 is 0 Å². The second-order valence-corrected chi connectivity index (χ2v) is 5.58. The van der Waals surface area contributed by atoms with Gasteiger partial charge in [0.25, 0.3) is 0 Å². The normalized spacial score (nSPS) is 17.0. The Hall–Kier alpha value is -1.68. The van der Waals surface area contributed by atoms with Crippen molar-refractivity contribution in [3.63, 3.8) is 0 Å². The third-order valence-electron chi connectivity index (χ3n) is 4.07. The molecule has 0 amide bonds. The predicted molar refractivity (Wildman–Crippen MR) is 79.7 cm³/mol. The van der Waals surface area contributed by atoms with Crippen LogP contribution in [-0.4, -0.2) is 21.0 Å². The van der Waals surface area contributed by atoms with Crippen molar-refractivity contribution in [1.29, 1.82) is 0 Å². The zero-order chi connectivity index (χ0) is 13.6. The monoisotopic (exact) mass is 270 g/mol. The molecule has 0 radical (unpaired) electrons. The molecule has 4 heteroatoms. The topological polar surface area (TPSA) is 42.7 Å². The maximum Gasteiger partial charge on any atom is 0.0697 e. The van der Waals surface area contributed by atoms with Gasteiger partial charge in [-0.1, -0.05) is 43.0 Å². The summed E-state index contributed by atoms with van der Waals surface area (Å²) in [5, 5.41) is 11.5. The summed E-state index contributed by atoms with van der Waals surface area (Å²) in [4.78, 5) is 0. The lowest BCUT2D eigenvalue weighted by Gasteiger charge is -2.16. The molecule has 0 atom stereocenters. The second kappa shape index (κ2) is 6.66. The highest BCUT2D eigenvalue weighted by atomic mass is 15.4. The number of hydrogen-bond donors (Lipinski definition) is 1. The SMILES string of the molecule is c1cn(-c2ccc(CNC3CCCCCC3)cc2)nn1. The van der Waals surface area contributed by atoms with Gasteiger partial charge < -0.3 is 5.32 Å². The van der Waals surface area contributed by atoms with Crippen molar-refractivity contribution < 1.29 is 0 Å². The van der Waals surface area contributed by atoms with Gasteiger partial charge in [-0.3, -0.25) is 0 Å². The Balaban J connectivity index is 1.55. The number of nitrogens with one attached hydrogen (secondary N) is 1. The summed E-state index contributed by atoms with van der Waals surface area (Å²) in [6, 6.07) is 9.23. The average Bonchev–Trinajstić information content (AvgIpc) is 2.90. The molecular formula is C16H22N4. The lowest BCUT2D eigenvalue weighted by atomic mass is 10.1. The van der Waals surface area contributed by atoms with Gasteiger partial charge in [0.05, 0.1) is 18.1 Å². The molecule has 20 heavy (non-hydrogen) atoms. The molecule has 0 aliphatic heterocycles. The Morgan fingerprint density at radius 3 is 2.45 bits per heavy atom. The van der Waals surface area contributed by atoms with Crippen molar-refractivity contribution in [2.75, 3.05) is 0 Å². The average molecular weight is 270 g/mol. The third kappa shape index (κ3) is 3.45. The van der Waals surface area contributed by atoms with E-state index in [1.165, 1.54) is 44.1 Å². The summed E-state index contributed by atoms with van der Waals surface area (Å²) >= 11 is 0. The molecule has 1 aromatic heterocycles. The lowest BCUT2D eigenvalue weighted by Crippen LogP contribution is -2.27. The highest BCUT2D eigenvalue weighted by molar-refractivity contribution is 5.33. The minimum atomic E-state index is 0.701. The van der Waals surface area contributed by atoms with E-state index in [1.54, 1.807) is 10.9 Å². The summed E-state index contributed by atoms with van der Waals surface area (Å²) in [6.45, 7) is 0.961. The number of aromatic nitrogens is 3. The standard InChI is InChI=1S/C16H22N4/c1-2-4-6-15(5-3-1)17-13-14-7-9-16(10-8-14)20-12-11-18-19-20/h7-12,15,17H,1-6,13H2. The summed E-state index contributed by atoms with van der Waals surface area (Å²) in [6.07, 6.45) is 11.8. The quantitative estimate of drug-likeness (QED) is 0.868. The number of nitrogens with zero attached hydrogens (tertiary/aromatic N) is 3. The first-order valence-electron chi connectivity index (χ1n) is 7.61. The zero-order valence-corrected chi connectivity index (χ0v) is 11.8. The maximum absolute atomic E-state index is 4.00. The summed E-state index contributed by atoms with van der Waals surface area (Å²) < 4.78 is 1.78. The van der Waals surface area contributed by atoms with Gasteiger partial charge in [-0.25, -0.2) is 4.68 Å². The Kier molecular flexibility index (Phi) is 4.43. The van der Waals surface area contributed by atoms with Crippen LogP contribution in [0.2, 0.25) is 0 Å². The van der Waals surface area contributed by atoms with Gasteiger partial charge in [0.2, 0.25) is 0 Å². The van der Waals surface area contributed by atoms with Gasteiger partial charge in [0, 0.05) is 12.6 Å². The number of benzene rings is 1. The van der Waals surface area contributed by atoms with E-state index in [0.717, 1.165) is 12.2 Å². The smallest absolute Gasteiger partial charge is 0.0697 e. The molecule has 1 saturated carbocycles. The first-order valence-corrected chi connectivity index (χ1v) is 7.61. The van der Waals surface area contributed by atoms with E-state index in [2.05, 4.69) is 39.9 Å². The van der Waals surface area contributed by atoms with Crippen LogP contribution in [0.1, 0.15) is 44.1 Å². The fourth-order valence-corrected chi connectivity index (χ4v) is 2.86. The molecule has 1 aliphatic carbocycles. The summed E-state index contributed by atoms with van der Waals surface area (Å²) in [5.41, 5.74) is 2.39. The first kappa shape index (κ1) is 13.3. The molecule has 1 heterocycles. The molecule has 0 unspecified atom stereocenters. The van der Waals surface area contributed by atoms with E-state index < -0.39 is 0 Å². The van der Waals surface area contributed by atoms with Gasteiger partial charge in [-0.15, -0.1) is 5.10 Å². The minimum Gasteiger partial charge on any atom is -0.310 e. The van der Waals surface area contributed by atoms with E-state index in [9.17, 15) is 0 Å². The molecule has 3 rings (SSSR count). The van der Waals surface area contributed by atoms with Gasteiger partial charge in [0.15, 0.2) is 0 Å². The maximum atomic E-state index is 4.00. The molecule has 106 valence electrons. The molecule has 1 aliphatic rings. The zero-order valence-electron chi connectivity index (χ0n) is 11.8. The third-order valence-corrected chi connectivity index (χ3v) is 4.07. The first-order chi connectivity index (χ1) is 9.92. The molecule has 1 fully saturated rings. The molecule has 0 bridgehead atoms. The van der Waals surface area contributed by atoms with E-state index in [-0.39, 0.29) is 0 Å². The molecule has 2 aromatic rings. The van der Waals surface area contributed by atoms with E-state index >= 15 is 0 Å². The van der Waals surface area contributed by atoms with Gasteiger partial charge in [0.1, 0.15) is 0 Å². The van der Waals surface area contributed by atoms with Crippen LogP contribution in [-0.2, 0) is 6.54 Å². The van der Waals surface area contributed by atoms with E-state index in [4.69, 9.17) is 0 Å². The lowest BCUT2D eigenvalue weighted by molar-refractivity contribution is 0.459. The molecule has 1 N–H and O–H groups in total. The summed E-state index contributed by atoms with van der Waals surface area (Å²) in [7, 11) is 0. The molecule has 0 saturated heterocycles. The van der Waals surface area contributed by atoms with Gasteiger partial charge >= 0.3 is 0 Å². The Labute approximate surface area is 120 Å². The van der Waals surface area contributed by atoms with Crippen LogP contribution in [0, 0.1) is 0 Å². The van der Waals surface area contributed by atoms with Crippen LogP contribution in [0.5, 0.6) is 0 Å². The van der Waals surface area contributed by atoms with E-state index in [0.29, 0.717) is 6.04 Å². The highest BCUT2D eigenvalue weighted by Crippen LogP contribution is 2.17. The van der Waals surface area contributed by atoms with Crippen molar-refractivity contribution in [1.82, 2.24) is 20.3 Å². The van der Waals surface area contributed by atoms with Crippen LogP contribution in [0.4, 0.5) is 0 Å².